The maximum atomic E-state index is 12.6. The van der Waals surface area contributed by atoms with Gasteiger partial charge in [0.2, 0.25) is 5.91 Å². The minimum absolute atomic E-state index is 0.00223. The molecule has 2 amide bonds. The zero-order chi connectivity index (χ0) is 25.1. The van der Waals surface area contributed by atoms with Gasteiger partial charge in [-0.05, 0) is 36.1 Å². The van der Waals surface area contributed by atoms with E-state index in [2.05, 4.69) is 39.9 Å². The number of carbonyl (C=O) groups excluding carboxylic acids is 2. The molecule has 2 unspecified atom stereocenters. The average molecular weight is 494 g/mol. The number of amides is 2. The molecule has 0 saturated heterocycles. The molecule has 0 aliphatic heterocycles. The number of aryl methyl sites for hydroxylation is 1. The molecule has 8 nitrogen and oxygen atoms in total. The van der Waals surface area contributed by atoms with Gasteiger partial charge in [-0.25, -0.2) is 14.6 Å². The summed E-state index contributed by atoms with van der Waals surface area (Å²) in [5.41, 5.74) is 4.57. The molecule has 182 valence electrons. The number of ether oxygens (including phenoxy) is 1. The molecule has 35 heavy (non-hydrogen) atoms. The highest BCUT2D eigenvalue weighted by Gasteiger charge is 2.29. The summed E-state index contributed by atoms with van der Waals surface area (Å²) in [5, 5.41) is 15.1. The first-order valence-corrected chi connectivity index (χ1v) is 12.2. The van der Waals surface area contributed by atoms with Crippen LogP contribution in [0.5, 0.6) is 0 Å². The van der Waals surface area contributed by atoms with Gasteiger partial charge in [-0.2, -0.15) is 0 Å². The Kier molecular flexibility index (Phi) is 7.16. The van der Waals surface area contributed by atoms with E-state index in [4.69, 9.17) is 9.84 Å². The van der Waals surface area contributed by atoms with Crippen molar-refractivity contribution in [2.24, 2.45) is 5.92 Å². The van der Waals surface area contributed by atoms with Crippen LogP contribution >= 0.6 is 11.3 Å². The molecule has 9 heteroatoms. The lowest BCUT2D eigenvalue weighted by atomic mass is 9.98. The zero-order valence-electron chi connectivity index (χ0n) is 19.7. The summed E-state index contributed by atoms with van der Waals surface area (Å²) in [6.07, 6.45) is -0.583. The minimum Gasteiger partial charge on any atom is -0.476 e. The third kappa shape index (κ3) is 5.19. The SMILES string of the molecule is Cc1sc(CNC(=O)C(C)C(C)NC(=O)OCC2c3ccccc3-c3ccccc32)nc1C(=O)O. The van der Waals surface area contributed by atoms with Gasteiger partial charge in [0, 0.05) is 16.8 Å². The molecule has 0 saturated carbocycles. The summed E-state index contributed by atoms with van der Waals surface area (Å²) in [7, 11) is 0. The standard InChI is InChI=1S/C26H27N3O5S/c1-14(24(30)27-12-22-29-23(25(31)32)16(3)35-22)15(2)28-26(33)34-13-21-19-10-6-4-8-17(19)18-9-5-7-11-20(18)21/h4-11,14-15,21H,12-13H2,1-3H3,(H,27,30)(H,28,33)(H,31,32). The Bertz CT molecular complexity index is 1230. The summed E-state index contributed by atoms with van der Waals surface area (Å²) in [5.74, 6) is -1.94. The van der Waals surface area contributed by atoms with Crippen LogP contribution in [0.4, 0.5) is 4.79 Å². The number of carbonyl (C=O) groups is 3. The third-order valence-electron chi connectivity index (χ3n) is 6.31. The molecular weight excluding hydrogens is 466 g/mol. The lowest BCUT2D eigenvalue weighted by molar-refractivity contribution is -0.125. The van der Waals surface area contributed by atoms with Crippen molar-refractivity contribution < 1.29 is 24.2 Å². The van der Waals surface area contributed by atoms with Crippen molar-refractivity contribution in [1.29, 1.82) is 0 Å². The largest absolute Gasteiger partial charge is 0.476 e. The molecule has 0 fully saturated rings. The van der Waals surface area contributed by atoms with Crippen molar-refractivity contribution in [1.82, 2.24) is 15.6 Å². The zero-order valence-corrected chi connectivity index (χ0v) is 20.5. The Morgan fingerprint density at radius 3 is 2.23 bits per heavy atom. The Morgan fingerprint density at radius 2 is 1.66 bits per heavy atom. The first kappa shape index (κ1) is 24.4. The summed E-state index contributed by atoms with van der Waals surface area (Å²) in [6.45, 7) is 5.44. The van der Waals surface area contributed by atoms with E-state index in [1.165, 1.54) is 11.3 Å². The number of aromatic nitrogens is 1. The number of hydrogen-bond acceptors (Lipinski definition) is 6. The van der Waals surface area contributed by atoms with Gasteiger partial charge < -0.3 is 20.5 Å². The Balaban J connectivity index is 1.29. The molecule has 3 N–H and O–H groups in total. The number of carboxylic acid groups (broad SMARTS) is 1. The maximum Gasteiger partial charge on any atom is 0.407 e. The Hall–Kier alpha value is -3.72. The molecule has 2 atom stereocenters. The van der Waals surface area contributed by atoms with Crippen molar-refractivity contribution >= 4 is 29.3 Å². The number of rotatable bonds is 8. The molecule has 4 rings (SSSR count). The van der Waals surface area contributed by atoms with E-state index in [1.54, 1.807) is 20.8 Å². The van der Waals surface area contributed by atoms with Crippen LogP contribution in [-0.2, 0) is 16.1 Å². The number of hydrogen-bond donors (Lipinski definition) is 3. The van der Waals surface area contributed by atoms with Crippen molar-refractivity contribution in [3.05, 3.63) is 75.2 Å². The van der Waals surface area contributed by atoms with Gasteiger partial charge in [0.15, 0.2) is 5.69 Å². The quantitative estimate of drug-likeness (QED) is 0.430. The molecule has 1 aliphatic carbocycles. The topological polar surface area (TPSA) is 118 Å². The van der Waals surface area contributed by atoms with E-state index in [-0.39, 0.29) is 30.7 Å². The second-order valence-corrected chi connectivity index (χ2v) is 9.87. The summed E-state index contributed by atoms with van der Waals surface area (Å²) in [6, 6.07) is 15.8. The number of fused-ring (bicyclic) bond motifs is 3. The number of benzene rings is 2. The molecule has 0 radical (unpaired) electrons. The summed E-state index contributed by atoms with van der Waals surface area (Å²) < 4.78 is 5.56. The highest BCUT2D eigenvalue weighted by molar-refractivity contribution is 7.11. The van der Waals surface area contributed by atoms with Gasteiger partial charge >= 0.3 is 12.1 Å². The first-order valence-electron chi connectivity index (χ1n) is 11.3. The molecular formula is C26H27N3O5S. The highest BCUT2D eigenvalue weighted by atomic mass is 32.1. The maximum absolute atomic E-state index is 12.6. The van der Waals surface area contributed by atoms with Crippen molar-refractivity contribution in [2.75, 3.05) is 6.61 Å². The second kappa shape index (κ2) is 10.3. The lowest BCUT2D eigenvalue weighted by Gasteiger charge is -2.21. The second-order valence-electron chi connectivity index (χ2n) is 8.58. The fourth-order valence-corrected chi connectivity index (χ4v) is 5.09. The van der Waals surface area contributed by atoms with Crippen LogP contribution in [-0.4, -0.2) is 40.7 Å². The van der Waals surface area contributed by atoms with E-state index in [0.29, 0.717) is 9.88 Å². The van der Waals surface area contributed by atoms with Crippen molar-refractivity contribution in [3.63, 3.8) is 0 Å². The van der Waals surface area contributed by atoms with Crippen molar-refractivity contribution in [2.45, 2.75) is 39.3 Å². The average Bonchev–Trinajstić information content (AvgIpc) is 3.38. The fraction of sp³-hybridized carbons (Fsp3) is 0.308. The predicted molar refractivity (Wildman–Crippen MR) is 132 cm³/mol. The van der Waals surface area contributed by atoms with Crippen LogP contribution in [0, 0.1) is 12.8 Å². The van der Waals surface area contributed by atoms with Crippen LogP contribution in [0.3, 0.4) is 0 Å². The first-order chi connectivity index (χ1) is 16.8. The van der Waals surface area contributed by atoms with E-state index in [0.717, 1.165) is 22.3 Å². The van der Waals surface area contributed by atoms with E-state index < -0.39 is 24.0 Å². The number of thiazole rings is 1. The lowest BCUT2D eigenvalue weighted by Crippen LogP contribution is -2.44. The number of carboxylic acids is 1. The van der Waals surface area contributed by atoms with Crippen LogP contribution in [0.15, 0.2) is 48.5 Å². The van der Waals surface area contributed by atoms with Gasteiger partial charge in [-0.1, -0.05) is 55.5 Å². The molecule has 1 aromatic heterocycles. The number of aromatic carboxylic acids is 1. The smallest absolute Gasteiger partial charge is 0.407 e. The van der Waals surface area contributed by atoms with E-state index in [1.807, 2.05) is 24.3 Å². The summed E-state index contributed by atoms with van der Waals surface area (Å²) >= 11 is 1.23. The highest BCUT2D eigenvalue weighted by Crippen LogP contribution is 2.44. The molecule has 3 aromatic rings. The van der Waals surface area contributed by atoms with Gasteiger partial charge in [0.25, 0.3) is 0 Å². The van der Waals surface area contributed by atoms with Crippen LogP contribution in [0.25, 0.3) is 11.1 Å². The molecule has 0 spiro atoms. The number of nitrogens with one attached hydrogen (secondary N) is 2. The Morgan fingerprint density at radius 1 is 1.06 bits per heavy atom. The third-order valence-corrected chi connectivity index (χ3v) is 7.28. The van der Waals surface area contributed by atoms with E-state index in [9.17, 15) is 14.4 Å². The van der Waals surface area contributed by atoms with E-state index >= 15 is 0 Å². The molecule has 1 aliphatic rings. The van der Waals surface area contributed by atoms with Gasteiger partial charge in [-0.3, -0.25) is 4.79 Å². The molecule has 0 bridgehead atoms. The normalized spacial score (nSPS) is 13.9. The molecule has 2 aromatic carbocycles. The number of alkyl carbamates (subject to hydrolysis) is 1. The Labute approximate surface area is 207 Å². The van der Waals surface area contributed by atoms with Crippen molar-refractivity contribution in [3.8, 4) is 11.1 Å². The predicted octanol–water partition coefficient (Wildman–Crippen LogP) is 4.33. The molecule has 1 heterocycles. The minimum atomic E-state index is -1.09. The van der Waals surface area contributed by atoms with Gasteiger partial charge in [0.05, 0.1) is 12.5 Å². The van der Waals surface area contributed by atoms with Crippen LogP contribution in [0.1, 0.15) is 51.3 Å². The number of nitrogens with zero attached hydrogens (tertiary/aromatic N) is 1. The summed E-state index contributed by atoms with van der Waals surface area (Å²) in [4.78, 5) is 40.8. The fourth-order valence-electron chi connectivity index (χ4n) is 4.23. The monoisotopic (exact) mass is 493 g/mol. The van der Waals surface area contributed by atoms with Gasteiger partial charge in [0.1, 0.15) is 11.6 Å². The van der Waals surface area contributed by atoms with Crippen LogP contribution < -0.4 is 10.6 Å². The van der Waals surface area contributed by atoms with Crippen LogP contribution in [0.2, 0.25) is 0 Å². The van der Waals surface area contributed by atoms with Gasteiger partial charge in [-0.15, -0.1) is 11.3 Å².